The summed E-state index contributed by atoms with van der Waals surface area (Å²) in [6.07, 6.45) is 7.02. The Labute approximate surface area is 160 Å². The van der Waals surface area contributed by atoms with Gasteiger partial charge in [-0.3, -0.25) is 4.79 Å². The van der Waals surface area contributed by atoms with Crippen molar-refractivity contribution in [2.75, 3.05) is 18.0 Å². The number of carbonyl (C=O) groups is 1. The average Bonchev–Trinajstić information content (AvgIpc) is 2.97. The van der Waals surface area contributed by atoms with Gasteiger partial charge >= 0.3 is 0 Å². The molecule has 1 fully saturated rings. The quantitative estimate of drug-likeness (QED) is 0.773. The molecule has 1 atom stereocenters. The molecule has 1 aliphatic rings. The van der Waals surface area contributed by atoms with Gasteiger partial charge < -0.3 is 10.2 Å². The normalized spacial score (nSPS) is 16.0. The standard InChI is InChI=1S/C21H27N3OS/c1-17(26-19-9-5-4-6-10-19)21(25)23-16-18-11-12-20(22-15-18)24-13-7-2-3-8-14-24/h4-6,9-12,15,17H,2-3,7-8,13-14,16H2,1H3,(H,23,25). The fraction of sp³-hybridized carbons (Fsp3) is 0.429. The molecule has 2 aromatic rings. The van der Waals surface area contributed by atoms with Crippen LogP contribution in [-0.4, -0.2) is 29.2 Å². The van der Waals surface area contributed by atoms with E-state index in [1.165, 1.54) is 25.7 Å². The number of carbonyl (C=O) groups excluding carboxylic acids is 1. The van der Waals surface area contributed by atoms with E-state index in [0.717, 1.165) is 29.4 Å². The minimum Gasteiger partial charge on any atom is -0.357 e. The number of amides is 1. The van der Waals surface area contributed by atoms with Gasteiger partial charge in [0.25, 0.3) is 0 Å². The Kier molecular flexibility index (Phi) is 6.95. The highest BCUT2D eigenvalue weighted by molar-refractivity contribution is 8.00. The topological polar surface area (TPSA) is 45.2 Å². The van der Waals surface area contributed by atoms with E-state index in [-0.39, 0.29) is 11.2 Å². The van der Waals surface area contributed by atoms with Crippen LogP contribution in [-0.2, 0) is 11.3 Å². The minimum atomic E-state index is -0.123. The van der Waals surface area contributed by atoms with Crippen LogP contribution in [0, 0.1) is 0 Å². The van der Waals surface area contributed by atoms with Crippen LogP contribution >= 0.6 is 11.8 Å². The zero-order chi connectivity index (χ0) is 18.2. The summed E-state index contributed by atoms with van der Waals surface area (Å²) in [6, 6.07) is 14.2. The van der Waals surface area contributed by atoms with Crippen LogP contribution in [0.15, 0.2) is 53.6 Å². The molecule has 5 heteroatoms. The van der Waals surface area contributed by atoms with Gasteiger partial charge in [-0.1, -0.05) is 37.1 Å². The second-order valence-corrected chi connectivity index (χ2v) is 8.13. The molecule has 1 aliphatic heterocycles. The highest BCUT2D eigenvalue weighted by atomic mass is 32.2. The first kappa shape index (κ1) is 18.8. The third-order valence-electron chi connectivity index (χ3n) is 4.63. The number of hydrogen-bond acceptors (Lipinski definition) is 4. The predicted octanol–water partition coefficient (Wildman–Crippen LogP) is 4.26. The van der Waals surface area contributed by atoms with Crippen molar-refractivity contribution >= 4 is 23.5 Å². The largest absolute Gasteiger partial charge is 0.357 e. The SMILES string of the molecule is CC(Sc1ccccc1)C(=O)NCc1ccc(N2CCCCCC2)nc1. The molecular weight excluding hydrogens is 342 g/mol. The Morgan fingerprint density at radius 2 is 1.85 bits per heavy atom. The summed E-state index contributed by atoms with van der Waals surface area (Å²) in [5, 5.41) is 2.89. The summed E-state index contributed by atoms with van der Waals surface area (Å²) in [4.78, 5) is 20.4. The van der Waals surface area contributed by atoms with Gasteiger partial charge in [-0.2, -0.15) is 0 Å². The van der Waals surface area contributed by atoms with Crippen LogP contribution in [0.4, 0.5) is 5.82 Å². The fourth-order valence-corrected chi connectivity index (χ4v) is 4.01. The molecule has 0 aliphatic carbocycles. The first-order valence-electron chi connectivity index (χ1n) is 9.41. The lowest BCUT2D eigenvalue weighted by Crippen LogP contribution is -2.30. The van der Waals surface area contributed by atoms with E-state index in [2.05, 4.69) is 27.3 Å². The molecule has 1 N–H and O–H groups in total. The first-order valence-corrected chi connectivity index (χ1v) is 10.3. The second kappa shape index (κ2) is 9.62. The first-order chi connectivity index (χ1) is 12.7. The maximum Gasteiger partial charge on any atom is 0.233 e. The maximum absolute atomic E-state index is 12.3. The Balaban J connectivity index is 1.48. The van der Waals surface area contributed by atoms with Crippen LogP contribution in [0.5, 0.6) is 0 Å². The van der Waals surface area contributed by atoms with E-state index in [1.54, 1.807) is 11.8 Å². The van der Waals surface area contributed by atoms with Gasteiger partial charge in [-0.05, 0) is 43.5 Å². The van der Waals surface area contributed by atoms with Crippen molar-refractivity contribution < 1.29 is 4.79 Å². The Hall–Kier alpha value is -2.01. The van der Waals surface area contributed by atoms with Crippen LogP contribution in [0.25, 0.3) is 0 Å². The van der Waals surface area contributed by atoms with Crippen LogP contribution < -0.4 is 10.2 Å². The highest BCUT2D eigenvalue weighted by Gasteiger charge is 2.14. The number of pyridine rings is 1. The molecule has 0 radical (unpaired) electrons. The van der Waals surface area contributed by atoms with Gasteiger partial charge in [0.2, 0.25) is 5.91 Å². The van der Waals surface area contributed by atoms with Gasteiger partial charge in [0, 0.05) is 30.7 Å². The van der Waals surface area contributed by atoms with E-state index in [9.17, 15) is 4.79 Å². The average molecular weight is 370 g/mol. The summed E-state index contributed by atoms with van der Waals surface area (Å²) in [7, 11) is 0. The molecule has 1 aromatic heterocycles. The van der Waals surface area contributed by atoms with Crippen molar-refractivity contribution in [2.45, 2.75) is 49.3 Å². The van der Waals surface area contributed by atoms with E-state index in [0.29, 0.717) is 6.54 Å². The van der Waals surface area contributed by atoms with Gasteiger partial charge in [-0.25, -0.2) is 4.98 Å². The molecule has 1 aromatic carbocycles. The number of rotatable bonds is 6. The lowest BCUT2D eigenvalue weighted by molar-refractivity contribution is -0.120. The number of aromatic nitrogens is 1. The molecule has 2 heterocycles. The molecule has 4 nitrogen and oxygen atoms in total. The lowest BCUT2D eigenvalue weighted by Gasteiger charge is -2.21. The summed E-state index contributed by atoms with van der Waals surface area (Å²) in [6.45, 7) is 4.65. The molecule has 1 amide bonds. The monoisotopic (exact) mass is 369 g/mol. The van der Waals surface area contributed by atoms with Crippen molar-refractivity contribution in [3.63, 3.8) is 0 Å². The van der Waals surface area contributed by atoms with Crippen LogP contribution in [0.3, 0.4) is 0 Å². The second-order valence-electron chi connectivity index (χ2n) is 6.72. The molecule has 0 bridgehead atoms. The molecule has 0 saturated carbocycles. The van der Waals surface area contributed by atoms with E-state index in [1.807, 2.05) is 43.5 Å². The van der Waals surface area contributed by atoms with Crippen molar-refractivity contribution in [1.29, 1.82) is 0 Å². The van der Waals surface area contributed by atoms with Gasteiger partial charge in [-0.15, -0.1) is 11.8 Å². The van der Waals surface area contributed by atoms with Gasteiger partial charge in [0.1, 0.15) is 5.82 Å². The number of hydrogen-bond donors (Lipinski definition) is 1. The van der Waals surface area contributed by atoms with Crippen molar-refractivity contribution in [3.05, 3.63) is 54.2 Å². The number of nitrogens with zero attached hydrogens (tertiary/aromatic N) is 2. The highest BCUT2D eigenvalue weighted by Crippen LogP contribution is 2.23. The van der Waals surface area contributed by atoms with Crippen molar-refractivity contribution in [2.24, 2.45) is 0 Å². The van der Waals surface area contributed by atoms with Crippen molar-refractivity contribution in [3.8, 4) is 0 Å². The van der Waals surface area contributed by atoms with Gasteiger partial charge in [0.05, 0.1) is 5.25 Å². The van der Waals surface area contributed by atoms with Crippen LogP contribution in [0.2, 0.25) is 0 Å². The summed E-state index contributed by atoms with van der Waals surface area (Å²) in [5.41, 5.74) is 1.04. The molecule has 26 heavy (non-hydrogen) atoms. The van der Waals surface area contributed by atoms with Crippen LogP contribution in [0.1, 0.15) is 38.2 Å². The van der Waals surface area contributed by atoms with E-state index in [4.69, 9.17) is 0 Å². The minimum absolute atomic E-state index is 0.0513. The zero-order valence-corrected chi connectivity index (χ0v) is 16.2. The predicted molar refractivity (Wildman–Crippen MR) is 109 cm³/mol. The maximum atomic E-state index is 12.3. The number of anilines is 1. The summed E-state index contributed by atoms with van der Waals surface area (Å²) >= 11 is 1.58. The molecule has 138 valence electrons. The summed E-state index contributed by atoms with van der Waals surface area (Å²) < 4.78 is 0. The number of thioether (sulfide) groups is 1. The lowest BCUT2D eigenvalue weighted by atomic mass is 10.2. The Bertz CT molecular complexity index is 682. The molecule has 1 unspecified atom stereocenters. The van der Waals surface area contributed by atoms with Gasteiger partial charge in [0.15, 0.2) is 0 Å². The number of benzene rings is 1. The fourth-order valence-electron chi connectivity index (χ4n) is 3.10. The molecule has 0 spiro atoms. The smallest absolute Gasteiger partial charge is 0.233 e. The molecular formula is C21H27N3OS. The zero-order valence-electron chi connectivity index (χ0n) is 15.4. The third kappa shape index (κ3) is 5.49. The summed E-state index contributed by atoms with van der Waals surface area (Å²) in [5.74, 6) is 1.10. The molecule has 1 saturated heterocycles. The third-order valence-corrected chi connectivity index (χ3v) is 5.74. The van der Waals surface area contributed by atoms with E-state index < -0.39 is 0 Å². The Morgan fingerprint density at radius 3 is 2.50 bits per heavy atom. The molecule has 3 rings (SSSR count). The van der Waals surface area contributed by atoms with E-state index >= 15 is 0 Å². The number of nitrogens with one attached hydrogen (secondary N) is 1. The Morgan fingerprint density at radius 1 is 1.12 bits per heavy atom. The van der Waals surface area contributed by atoms with Crippen molar-refractivity contribution in [1.82, 2.24) is 10.3 Å².